The third-order valence-corrected chi connectivity index (χ3v) is 6.72. The Bertz CT molecular complexity index is 1040. The molecule has 3 aromatic rings. The summed E-state index contributed by atoms with van der Waals surface area (Å²) in [5, 5.41) is 17.7. The van der Waals surface area contributed by atoms with Crippen LogP contribution in [0.2, 0.25) is 0 Å². The summed E-state index contributed by atoms with van der Waals surface area (Å²) in [4.78, 5) is 24.5. The molecule has 8 nitrogen and oxygen atoms in total. The summed E-state index contributed by atoms with van der Waals surface area (Å²) < 4.78 is 5.79. The Kier molecular flexibility index (Phi) is 6.98. The molecule has 0 saturated heterocycles. The second kappa shape index (κ2) is 10.1. The zero-order valence-electron chi connectivity index (χ0n) is 17.1. The second-order valence-corrected chi connectivity index (χ2v) is 9.55. The Labute approximate surface area is 188 Å². The van der Waals surface area contributed by atoms with Gasteiger partial charge in [0.2, 0.25) is 11.0 Å². The van der Waals surface area contributed by atoms with Gasteiger partial charge in [0, 0.05) is 17.7 Å². The minimum Gasteiger partial charge on any atom is -0.360 e. The van der Waals surface area contributed by atoms with Crippen LogP contribution in [0.3, 0.4) is 0 Å². The molecule has 1 fully saturated rings. The predicted octanol–water partition coefficient (Wildman–Crippen LogP) is 4.73. The van der Waals surface area contributed by atoms with E-state index in [0.29, 0.717) is 15.4 Å². The number of carbonyl (C=O) groups excluding carboxylic acids is 2. The largest absolute Gasteiger partial charge is 0.360 e. The Morgan fingerprint density at radius 2 is 2.00 bits per heavy atom. The number of aromatic nitrogens is 3. The highest BCUT2D eigenvalue weighted by atomic mass is 32.2. The van der Waals surface area contributed by atoms with Gasteiger partial charge < -0.3 is 9.84 Å². The van der Waals surface area contributed by atoms with Gasteiger partial charge in [-0.1, -0.05) is 53.7 Å². The molecule has 10 heteroatoms. The van der Waals surface area contributed by atoms with Crippen molar-refractivity contribution in [2.75, 3.05) is 16.4 Å². The van der Waals surface area contributed by atoms with E-state index in [-0.39, 0.29) is 23.3 Å². The third-order valence-electron chi connectivity index (χ3n) is 4.75. The molecule has 0 atom stereocenters. The molecule has 1 aliphatic carbocycles. The highest BCUT2D eigenvalue weighted by Gasteiger charge is 2.29. The van der Waals surface area contributed by atoms with Crippen LogP contribution in [0.15, 0.2) is 39.2 Å². The van der Waals surface area contributed by atoms with E-state index in [4.69, 9.17) is 4.52 Å². The van der Waals surface area contributed by atoms with Crippen molar-refractivity contribution in [2.24, 2.45) is 0 Å². The van der Waals surface area contributed by atoms with Crippen LogP contribution < -0.4 is 10.6 Å². The van der Waals surface area contributed by atoms with Gasteiger partial charge in [0.05, 0.1) is 5.75 Å². The van der Waals surface area contributed by atoms with E-state index in [1.807, 2.05) is 24.3 Å². The van der Waals surface area contributed by atoms with Crippen molar-refractivity contribution in [3.63, 3.8) is 0 Å². The van der Waals surface area contributed by atoms with Gasteiger partial charge in [0.25, 0.3) is 5.91 Å². The predicted molar refractivity (Wildman–Crippen MR) is 121 cm³/mol. The molecule has 0 aliphatic heterocycles. The Morgan fingerprint density at radius 1 is 1.19 bits per heavy atom. The standard InChI is InChI=1S/C21H23N5O3S2/c1-2-3-4-13-5-9-15(10-6-13)22-18(27)12-30-21-25-24-20(31-21)23-19(28)16-11-17(29-26-16)14-7-8-14/h5-6,9-11,14H,2-4,7-8,12H2,1H3,(H,22,27)(H,23,24,28). The van der Waals surface area contributed by atoms with Crippen molar-refractivity contribution in [3.8, 4) is 0 Å². The monoisotopic (exact) mass is 457 g/mol. The van der Waals surface area contributed by atoms with Crippen LogP contribution in [-0.2, 0) is 11.2 Å². The first-order chi connectivity index (χ1) is 15.1. The average molecular weight is 458 g/mol. The van der Waals surface area contributed by atoms with Crippen LogP contribution in [-0.4, -0.2) is 32.9 Å². The SMILES string of the molecule is CCCCc1ccc(NC(=O)CSc2nnc(NC(=O)c3cc(C4CC4)on3)s2)cc1. The number of anilines is 2. The van der Waals surface area contributed by atoms with Crippen molar-refractivity contribution >= 4 is 45.7 Å². The van der Waals surface area contributed by atoms with Gasteiger partial charge in [0.1, 0.15) is 5.76 Å². The molecule has 31 heavy (non-hydrogen) atoms. The van der Waals surface area contributed by atoms with E-state index in [1.165, 1.54) is 28.7 Å². The first kappa shape index (κ1) is 21.5. The number of amides is 2. The van der Waals surface area contributed by atoms with Crippen molar-refractivity contribution in [1.82, 2.24) is 15.4 Å². The van der Waals surface area contributed by atoms with E-state index in [1.54, 1.807) is 6.07 Å². The van der Waals surface area contributed by atoms with Crippen molar-refractivity contribution in [2.45, 2.75) is 49.3 Å². The molecule has 0 radical (unpaired) electrons. The van der Waals surface area contributed by atoms with E-state index >= 15 is 0 Å². The van der Waals surface area contributed by atoms with Crippen molar-refractivity contribution in [3.05, 3.63) is 47.3 Å². The first-order valence-electron chi connectivity index (χ1n) is 10.2. The fourth-order valence-corrected chi connectivity index (χ4v) is 4.44. The van der Waals surface area contributed by atoms with Crippen LogP contribution in [0.1, 0.15) is 60.3 Å². The Balaban J connectivity index is 1.23. The molecule has 0 bridgehead atoms. The van der Waals surface area contributed by atoms with E-state index < -0.39 is 0 Å². The second-order valence-electron chi connectivity index (χ2n) is 7.35. The molecule has 0 spiro atoms. The van der Waals surface area contributed by atoms with Gasteiger partial charge in [-0.2, -0.15) is 0 Å². The molecule has 162 valence electrons. The normalized spacial score (nSPS) is 13.2. The Morgan fingerprint density at radius 3 is 2.74 bits per heavy atom. The zero-order valence-corrected chi connectivity index (χ0v) is 18.7. The highest BCUT2D eigenvalue weighted by Crippen LogP contribution is 2.40. The quantitative estimate of drug-likeness (QED) is 0.334. The van der Waals surface area contributed by atoms with Crippen molar-refractivity contribution in [1.29, 1.82) is 0 Å². The molecular formula is C21H23N5O3S2. The number of hydrogen-bond donors (Lipinski definition) is 2. The lowest BCUT2D eigenvalue weighted by Gasteiger charge is -2.05. The molecule has 2 aromatic heterocycles. The van der Waals surface area contributed by atoms with Gasteiger partial charge >= 0.3 is 0 Å². The summed E-state index contributed by atoms with van der Waals surface area (Å²) in [6.07, 6.45) is 5.52. The fraction of sp³-hybridized carbons (Fsp3) is 0.381. The van der Waals surface area contributed by atoms with Crippen LogP contribution >= 0.6 is 23.1 Å². The van der Waals surface area contributed by atoms with Crippen LogP contribution in [0.25, 0.3) is 0 Å². The molecule has 1 aliphatic rings. The number of unbranched alkanes of at least 4 members (excludes halogenated alkanes) is 1. The van der Waals surface area contributed by atoms with Gasteiger partial charge in [-0.25, -0.2) is 0 Å². The number of nitrogens with zero attached hydrogens (tertiary/aromatic N) is 3. The maximum Gasteiger partial charge on any atom is 0.279 e. The number of hydrogen-bond acceptors (Lipinski definition) is 8. The van der Waals surface area contributed by atoms with Crippen LogP contribution in [0.5, 0.6) is 0 Å². The third kappa shape index (κ3) is 6.14. The summed E-state index contributed by atoms with van der Waals surface area (Å²) in [5.41, 5.74) is 2.27. The number of nitrogens with one attached hydrogen (secondary N) is 2. The van der Waals surface area contributed by atoms with E-state index in [0.717, 1.165) is 43.6 Å². The lowest BCUT2D eigenvalue weighted by atomic mass is 10.1. The number of benzene rings is 1. The van der Waals surface area contributed by atoms with Crippen molar-refractivity contribution < 1.29 is 14.1 Å². The summed E-state index contributed by atoms with van der Waals surface area (Å²) >= 11 is 2.48. The number of rotatable bonds is 10. The van der Waals surface area contributed by atoms with E-state index in [9.17, 15) is 9.59 Å². The highest BCUT2D eigenvalue weighted by molar-refractivity contribution is 8.01. The van der Waals surface area contributed by atoms with E-state index in [2.05, 4.69) is 32.9 Å². The summed E-state index contributed by atoms with van der Waals surface area (Å²) in [5.74, 6) is 0.837. The molecule has 1 saturated carbocycles. The smallest absolute Gasteiger partial charge is 0.279 e. The molecular weight excluding hydrogens is 434 g/mol. The van der Waals surface area contributed by atoms with Gasteiger partial charge in [-0.3, -0.25) is 14.9 Å². The number of carbonyl (C=O) groups is 2. The average Bonchev–Trinajstić information content (AvgIpc) is 3.32. The molecule has 4 rings (SSSR count). The summed E-state index contributed by atoms with van der Waals surface area (Å²) in [7, 11) is 0. The topological polar surface area (TPSA) is 110 Å². The maximum atomic E-state index is 12.3. The molecule has 2 heterocycles. The minimum absolute atomic E-state index is 0.123. The maximum absolute atomic E-state index is 12.3. The minimum atomic E-state index is -0.386. The summed E-state index contributed by atoms with van der Waals surface area (Å²) in [6.45, 7) is 2.17. The van der Waals surface area contributed by atoms with Crippen LogP contribution in [0.4, 0.5) is 10.8 Å². The number of thioether (sulfide) groups is 1. The lowest BCUT2D eigenvalue weighted by molar-refractivity contribution is -0.113. The first-order valence-corrected chi connectivity index (χ1v) is 12.0. The fourth-order valence-electron chi connectivity index (χ4n) is 2.90. The zero-order chi connectivity index (χ0) is 21.6. The Hall–Kier alpha value is -2.72. The lowest BCUT2D eigenvalue weighted by Crippen LogP contribution is -2.13. The van der Waals surface area contributed by atoms with Gasteiger partial charge in [0.15, 0.2) is 10.0 Å². The molecule has 2 amide bonds. The van der Waals surface area contributed by atoms with Gasteiger partial charge in [-0.05, 0) is 43.4 Å². The molecule has 2 N–H and O–H groups in total. The number of aryl methyl sites for hydroxylation is 1. The van der Waals surface area contributed by atoms with Gasteiger partial charge in [-0.15, -0.1) is 10.2 Å². The molecule has 1 aromatic carbocycles. The molecule has 0 unspecified atom stereocenters. The van der Waals surface area contributed by atoms with Crippen LogP contribution in [0, 0.1) is 0 Å². The summed E-state index contributed by atoms with van der Waals surface area (Å²) in [6, 6.07) is 9.60.